The predicted octanol–water partition coefficient (Wildman–Crippen LogP) is 1.70. The summed E-state index contributed by atoms with van der Waals surface area (Å²) in [6, 6.07) is 4.67. The van der Waals surface area contributed by atoms with Crippen LogP contribution in [0.25, 0.3) is 0 Å². The summed E-state index contributed by atoms with van der Waals surface area (Å²) in [5.41, 5.74) is 7.14. The van der Waals surface area contributed by atoms with Crippen molar-refractivity contribution < 1.29 is 19.1 Å². The summed E-state index contributed by atoms with van der Waals surface area (Å²) in [5.74, 6) is -1.08. The minimum atomic E-state index is -1.14. The summed E-state index contributed by atoms with van der Waals surface area (Å²) in [6.45, 7) is 3.78. The van der Waals surface area contributed by atoms with Gasteiger partial charge in [-0.05, 0) is 37.6 Å². The fourth-order valence-electron chi connectivity index (χ4n) is 2.03. The maximum absolute atomic E-state index is 11.5. The molecule has 2 aromatic heterocycles. The molecule has 0 fully saturated rings. The van der Waals surface area contributed by atoms with Gasteiger partial charge in [0.2, 0.25) is 5.76 Å². The minimum absolute atomic E-state index is 0.143. The zero-order chi connectivity index (χ0) is 15.6. The van der Waals surface area contributed by atoms with E-state index >= 15 is 0 Å². The lowest BCUT2D eigenvalue weighted by molar-refractivity contribution is 0.0660. The number of aromatic carboxylic acids is 1. The van der Waals surface area contributed by atoms with Gasteiger partial charge in [0.15, 0.2) is 0 Å². The van der Waals surface area contributed by atoms with E-state index in [1.54, 1.807) is 26.0 Å². The number of nitrogens with two attached hydrogens (primary N) is 1. The Morgan fingerprint density at radius 1 is 1.38 bits per heavy atom. The summed E-state index contributed by atoms with van der Waals surface area (Å²) in [7, 11) is 0. The normalized spacial score (nSPS) is 10.4. The summed E-state index contributed by atoms with van der Waals surface area (Å²) < 4.78 is 5.12. The van der Waals surface area contributed by atoms with Gasteiger partial charge < -0.3 is 20.6 Å². The minimum Gasteiger partial charge on any atom is -0.475 e. The van der Waals surface area contributed by atoms with Crippen molar-refractivity contribution in [2.75, 3.05) is 5.32 Å². The molecule has 0 spiro atoms. The van der Waals surface area contributed by atoms with Crippen LogP contribution >= 0.6 is 0 Å². The first-order valence-electron chi connectivity index (χ1n) is 6.22. The number of primary amides is 1. The molecule has 110 valence electrons. The third kappa shape index (κ3) is 3.19. The average Bonchev–Trinajstić information content (AvgIpc) is 2.83. The van der Waals surface area contributed by atoms with Crippen LogP contribution in [-0.2, 0) is 6.54 Å². The Morgan fingerprint density at radius 2 is 2.10 bits per heavy atom. The van der Waals surface area contributed by atoms with Crippen LogP contribution in [0.1, 0.15) is 37.9 Å². The number of carbonyl (C=O) groups excluding carboxylic acids is 1. The van der Waals surface area contributed by atoms with Crippen LogP contribution in [0.3, 0.4) is 0 Å². The SMILES string of the molecule is Cc1cc(C)c(C(N)=O)c(NCc2ccc(C(=O)O)o2)n1. The molecule has 0 aliphatic heterocycles. The molecule has 0 saturated heterocycles. The number of aryl methyl sites for hydroxylation is 2. The van der Waals surface area contributed by atoms with Crippen molar-refractivity contribution in [2.45, 2.75) is 20.4 Å². The number of amides is 1. The molecule has 2 aromatic rings. The Kier molecular flexibility index (Phi) is 3.93. The Balaban J connectivity index is 2.22. The summed E-state index contributed by atoms with van der Waals surface area (Å²) in [5, 5.41) is 11.7. The van der Waals surface area contributed by atoms with E-state index in [1.165, 1.54) is 6.07 Å². The van der Waals surface area contributed by atoms with Crippen molar-refractivity contribution in [2.24, 2.45) is 5.73 Å². The molecule has 0 bridgehead atoms. The van der Waals surface area contributed by atoms with Crippen LogP contribution in [-0.4, -0.2) is 22.0 Å². The quantitative estimate of drug-likeness (QED) is 0.770. The molecule has 0 radical (unpaired) electrons. The van der Waals surface area contributed by atoms with E-state index in [0.717, 1.165) is 11.3 Å². The molecule has 2 heterocycles. The molecule has 0 aromatic carbocycles. The fraction of sp³-hybridized carbons (Fsp3) is 0.214. The highest BCUT2D eigenvalue weighted by Gasteiger charge is 2.15. The number of carboxylic acids is 1. The van der Waals surface area contributed by atoms with Gasteiger partial charge in [0.05, 0.1) is 12.1 Å². The first-order chi connectivity index (χ1) is 9.88. The molecule has 2 rings (SSSR count). The predicted molar refractivity (Wildman–Crippen MR) is 75.2 cm³/mol. The third-order valence-corrected chi connectivity index (χ3v) is 2.89. The average molecular weight is 289 g/mol. The van der Waals surface area contributed by atoms with Gasteiger partial charge in [-0.25, -0.2) is 9.78 Å². The number of pyridine rings is 1. The summed E-state index contributed by atoms with van der Waals surface area (Å²) >= 11 is 0. The van der Waals surface area contributed by atoms with Gasteiger partial charge in [-0.2, -0.15) is 0 Å². The van der Waals surface area contributed by atoms with E-state index in [2.05, 4.69) is 10.3 Å². The number of carbonyl (C=O) groups is 2. The van der Waals surface area contributed by atoms with Gasteiger partial charge in [-0.15, -0.1) is 0 Å². The number of carboxylic acid groups (broad SMARTS) is 1. The third-order valence-electron chi connectivity index (χ3n) is 2.89. The molecular weight excluding hydrogens is 274 g/mol. The molecule has 0 aliphatic rings. The molecule has 0 unspecified atom stereocenters. The van der Waals surface area contributed by atoms with Crippen LogP contribution < -0.4 is 11.1 Å². The first-order valence-corrected chi connectivity index (χ1v) is 6.22. The fourth-order valence-corrected chi connectivity index (χ4v) is 2.03. The van der Waals surface area contributed by atoms with Crippen molar-refractivity contribution in [1.82, 2.24) is 4.98 Å². The maximum atomic E-state index is 11.5. The van der Waals surface area contributed by atoms with Crippen LogP contribution in [0.4, 0.5) is 5.82 Å². The Hall–Kier alpha value is -2.83. The highest BCUT2D eigenvalue weighted by molar-refractivity contribution is 5.99. The number of furan rings is 1. The van der Waals surface area contributed by atoms with E-state index in [1.807, 2.05) is 0 Å². The lowest BCUT2D eigenvalue weighted by atomic mass is 10.1. The second kappa shape index (κ2) is 5.66. The number of aromatic nitrogens is 1. The molecule has 7 nitrogen and oxygen atoms in total. The molecule has 4 N–H and O–H groups in total. The summed E-state index contributed by atoms with van der Waals surface area (Å²) in [6.07, 6.45) is 0. The van der Waals surface area contributed by atoms with Crippen LogP contribution in [0.2, 0.25) is 0 Å². The molecule has 7 heteroatoms. The van der Waals surface area contributed by atoms with Gasteiger partial charge in [0.1, 0.15) is 11.6 Å². The lowest BCUT2D eigenvalue weighted by Crippen LogP contribution is -2.17. The second-order valence-corrected chi connectivity index (χ2v) is 4.59. The second-order valence-electron chi connectivity index (χ2n) is 4.59. The number of hydrogen-bond acceptors (Lipinski definition) is 5. The molecule has 21 heavy (non-hydrogen) atoms. The topological polar surface area (TPSA) is 118 Å². The number of rotatable bonds is 5. The standard InChI is InChI=1S/C14H15N3O4/c1-7-5-8(2)17-13(11(7)12(15)18)16-6-9-3-4-10(21-9)14(19)20/h3-5H,6H2,1-2H3,(H2,15,18)(H,16,17)(H,19,20). The molecule has 0 saturated carbocycles. The van der Waals surface area contributed by atoms with Crippen molar-refractivity contribution in [3.05, 3.63) is 46.5 Å². The van der Waals surface area contributed by atoms with Gasteiger partial charge in [0, 0.05) is 5.69 Å². The maximum Gasteiger partial charge on any atom is 0.371 e. The number of anilines is 1. The van der Waals surface area contributed by atoms with E-state index in [4.69, 9.17) is 15.3 Å². The monoisotopic (exact) mass is 289 g/mol. The highest BCUT2D eigenvalue weighted by Crippen LogP contribution is 2.19. The van der Waals surface area contributed by atoms with Crippen molar-refractivity contribution in [3.63, 3.8) is 0 Å². The van der Waals surface area contributed by atoms with Crippen LogP contribution in [0, 0.1) is 13.8 Å². The molecule has 1 amide bonds. The van der Waals surface area contributed by atoms with Crippen molar-refractivity contribution in [1.29, 1.82) is 0 Å². The number of nitrogens with zero attached hydrogens (tertiary/aromatic N) is 1. The first kappa shape index (κ1) is 14.6. The largest absolute Gasteiger partial charge is 0.475 e. The van der Waals surface area contributed by atoms with E-state index < -0.39 is 11.9 Å². The van der Waals surface area contributed by atoms with E-state index in [-0.39, 0.29) is 12.3 Å². The smallest absolute Gasteiger partial charge is 0.371 e. The lowest BCUT2D eigenvalue weighted by Gasteiger charge is -2.11. The van der Waals surface area contributed by atoms with Crippen molar-refractivity contribution >= 4 is 17.7 Å². The van der Waals surface area contributed by atoms with E-state index in [9.17, 15) is 9.59 Å². The Bertz CT molecular complexity index is 706. The van der Waals surface area contributed by atoms with Crippen molar-refractivity contribution in [3.8, 4) is 0 Å². The van der Waals surface area contributed by atoms with Crippen LogP contribution in [0.15, 0.2) is 22.6 Å². The van der Waals surface area contributed by atoms with Gasteiger partial charge in [-0.1, -0.05) is 0 Å². The zero-order valence-corrected chi connectivity index (χ0v) is 11.6. The Labute approximate surface area is 120 Å². The number of nitrogens with one attached hydrogen (secondary N) is 1. The molecule has 0 aliphatic carbocycles. The summed E-state index contributed by atoms with van der Waals surface area (Å²) in [4.78, 5) is 26.5. The molecule has 0 atom stereocenters. The van der Waals surface area contributed by atoms with E-state index in [0.29, 0.717) is 17.1 Å². The van der Waals surface area contributed by atoms with Gasteiger partial charge >= 0.3 is 5.97 Å². The molecular formula is C14H15N3O4. The van der Waals surface area contributed by atoms with Crippen LogP contribution in [0.5, 0.6) is 0 Å². The zero-order valence-electron chi connectivity index (χ0n) is 11.6. The number of hydrogen-bond donors (Lipinski definition) is 3. The highest BCUT2D eigenvalue weighted by atomic mass is 16.4. The van der Waals surface area contributed by atoms with Gasteiger partial charge in [0.25, 0.3) is 5.91 Å². The van der Waals surface area contributed by atoms with Gasteiger partial charge in [-0.3, -0.25) is 4.79 Å². The Morgan fingerprint density at radius 3 is 2.67 bits per heavy atom.